The minimum Gasteiger partial charge on any atom is -0.481 e. The molecule has 6 heteroatoms. The van der Waals surface area contributed by atoms with Crippen LogP contribution < -0.4 is 4.72 Å². The Balaban J connectivity index is 1.60. The maximum Gasteiger partial charge on any atom is 0.303 e. The van der Waals surface area contributed by atoms with Crippen molar-refractivity contribution in [3.8, 4) is 0 Å². The van der Waals surface area contributed by atoms with E-state index in [1.54, 1.807) is 24.3 Å². The first kappa shape index (κ1) is 19.1. The van der Waals surface area contributed by atoms with Gasteiger partial charge in [-0.05, 0) is 68.4 Å². The first-order valence-corrected chi connectivity index (χ1v) is 10.9. The predicted octanol–water partition coefficient (Wildman–Crippen LogP) is 3.58. The molecule has 0 spiro atoms. The SMILES string of the molecule is O=C(O)CCC/C=C\C[C@H]1C2CC[C@H](C2)[C@@H]1NS(=O)(=O)c1ccccc1. The summed E-state index contributed by atoms with van der Waals surface area (Å²) in [6.45, 7) is 0. The van der Waals surface area contributed by atoms with Crippen molar-refractivity contribution >= 4 is 16.0 Å². The molecule has 2 aliphatic carbocycles. The molecule has 2 aliphatic rings. The van der Waals surface area contributed by atoms with Gasteiger partial charge >= 0.3 is 5.97 Å². The van der Waals surface area contributed by atoms with E-state index < -0.39 is 16.0 Å². The number of fused-ring (bicyclic) bond motifs is 2. The highest BCUT2D eigenvalue weighted by Crippen LogP contribution is 2.50. The Morgan fingerprint density at radius 2 is 1.88 bits per heavy atom. The third-order valence-corrected chi connectivity index (χ3v) is 7.24. The van der Waals surface area contributed by atoms with Gasteiger partial charge in [-0.1, -0.05) is 30.4 Å². The van der Waals surface area contributed by atoms with Crippen molar-refractivity contribution in [3.63, 3.8) is 0 Å². The number of sulfonamides is 1. The fourth-order valence-corrected chi connectivity index (χ4v) is 5.90. The van der Waals surface area contributed by atoms with Crippen LogP contribution in [0, 0.1) is 17.8 Å². The van der Waals surface area contributed by atoms with Gasteiger partial charge in [0.25, 0.3) is 0 Å². The monoisotopic (exact) mass is 377 g/mol. The van der Waals surface area contributed by atoms with E-state index in [9.17, 15) is 13.2 Å². The van der Waals surface area contributed by atoms with Crippen molar-refractivity contribution in [3.05, 3.63) is 42.5 Å². The lowest BCUT2D eigenvalue weighted by Crippen LogP contribution is -2.43. The molecule has 0 aliphatic heterocycles. The van der Waals surface area contributed by atoms with Crippen LogP contribution >= 0.6 is 0 Å². The van der Waals surface area contributed by atoms with Crippen molar-refractivity contribution in [1.82, 2.24) is 4.72 Å². The van der Waals surface area contributed by atoms with Crippen LogP contribution in [0.3, 0.4) is 0 Å². The Morgan fingerprint density at radius 3 is 2.62 bits per heavy atom. The summed E-state index contributed by atoms with van der Waals surface area (Å²) in [5.74, 6) is 0.598. The van der Waals surface area contributed by atoms with Crippen LogP contribution in [-0.4, -0.2) is 25.5 Å². The highest BCUT2D eigenvalue weighted by Gasteiger charge is 2.48. The lowest BCUT2D eigenvalue weighted by molar-refractivity contribution is -0.137. The molecule has 2 fully saturated rings. The van der Waals surface area contributed by atoms with Gasteiger partial charge in [-0.2, -0.15) is 0 Å². The van der Waals surface area contributed by atoms with Crippen LogP contribution in [0.4, 0.5) is 0 Å². The van der Waals surface area contributed by atoms with Gasteiger partial charge < -0.3 is 5.11 Å². The molecule has 2 N–H and O–H groups in total. The van der Waals surface area contributed by atoms with Crippen LogP contribution in [-0.2, 0) is 14.8 Å². The molecule has 0 aromatic heterocycles. The Kier molecular flexibility index (Phi) is 6.14. The highest BCUT2D eigenvalue weighted by atomic mass is 32.2. The lowest BCUT2D eigenvalue weighted by Gasteiger charge is -2.31. The first-order valence-electron chi connectivity index (χ1n) is 9.41. The van der Waals surface area contributed by atoms with Gasteiger partial charge in [0.1, 0.15) is 0 Å². The van der Waals surface area contributed by atoms with Crippen LogP contribution in [0.5, 0.6) is 0 Å². The molecular formula is C20H27NO4S. The first-order chi connectivity index (χ1) is 12.5. The number of benzene rings is 1. The fraction of sp³-hybridized carbons (Fsp3) is 0.550. The van der Waals surface area contributed by atoms with E-state index in [2.05, 4.69) is 10.8 Å². The molecular weight excluding hydrogens is 350 g/mol. The summed E-state index contributed by atoms with van der Waals surface area (Å²) in [6.07, 6.45) is 10.00. The summed E-state index contributed by atoms with van der Waals surface area (Å²) in [6, 6.07) is 8.57. The summed E-state index contributed by atoms with van der Waals surface area (Å²) < 4.78 is 28.4. The Morgan fingerprint density at radius 1 is 1.15 bits per heavy atom. The Labute approximate surface area is 155 Å². The maximum absolute atomic E-state index is 12.7. The Hall–Kier alpha value is -1.66. The van der Waals surface area contributed by atoms with Crippen LogP contribution in [0.25, 0.3) is 0 Å². The summed E-state index contributed by atoms with van der Waals surface area (Å²) >= 11 is 0. The third kappa shape index (κ3) is 4.54. The van der Waals surface area contributed by atoms with Crippen LogP contribution in [0.2, 0.25) is 0 Å². The normalized spacial score (nSPS) is 28.0. The van der Waals surface area contributed by atoms with E-state index >= 15 is 0 Å². The number of rotatable bonds is 9. The second kappa shape index (κ2) is 8.35. The number of unbranched alkanes of at least 4 members (excludes halogenated alkanes) is 1. The average molecular weight is 378 g/mol. The molecule has 0 radical (unpaired) electrons. The second-order valence-corrected chi connectivity index (χ2v) is 9.16. The van der Waals surface area contributed by atoms with E-state index in [0.717, 1.165) is 25.7 Å². The fourth-order valence-electron chi connectivity index (χ4n) is 4.52. The quantitative estimate of drug-likeness (QED) is 0.509. The number of carboxylic acid groups (broad SMARTS) is 1. The number of aliphatic carboxylic acids is 1. The minimum absolute atomic E-state index is 0.00243. The van der Waals surface area contributed by atoms with Gasteiger partial charge in [0.15, 0.2) is 0 Å². The molecule has 26 heavy (non-hydrogen) atoms. The number of allylic oxidation sites excluding steroid dienone is 2. The maximum atomic E-state index is 12.7. The smallest absolute Gasteiger partial charge is 0.303 e. The molecule has 2 bridgehead atoms. The molecule has 0 heterocycles. The topological polar surface area (TPSA) is 83.5 Å². The Bertz CT molecular complexity index is 744. The number of hydrogen-bond acceptors (Lipinski definition) is 3. The van der Waals surface area contributed by atoms with E-state index in [1.165, 1.54) is 6.42 Å². The lowest BCUT2D eigenvalue weighted by atomic mass is 9.83. The molecule has 0 saturated heterocycles. The van der Waals surface area contributed by atoms with Crippen molar-refractivity contribution in [2.75, 3.05) is 0 Å². The van der Waals surface area contributed by atoms with Crippen LogP contribution in [0.15, 0.2) is 47.4 Å². The molecule has 142 valence electrons. The highest BCUT2D eigenvalue weighted by molar-refractivity contribution is 7.89. The summed E-state index contributed by atoms with van der Waals surface area (Å²) in [5.41, 5.74) is 0. The van der Waals surface area contributed by atoms with Gasteiger partial charge in [-0.25, -0.2) is 13.1 Å². The predicted molar refractivity (Wildman–Crippen MR) is 100 cm³/mol. The van der Waals surface area contributed by atoms with Crippen LogP contribution in [0.1, 0.15) is 44.9 Å². The standard InChI is InChI=1S/C20H27NO4S/c22-19(23)11-7-2-1-6-10-18-15-12-13-16(14-15)20(18)21-26(24,25)17-8-4-3-5-9-17/h1,3-6,8-9,15-16,18,20-21H,2,7,10-14H2,(H,22,23)/b6-1-/t15?,16-,18+,20+/m1/s1. The number of carbonyl (C=O) groups is 1. The van der Waals surface area contributed by atoms with Crippen molar-refractivity contribution in [2.45, 2.75) is 55.9 Å². The molecule has 1 aromatic rings. The van der Waals surface area contributed by atoms with Gasteiger partial charge in [0.2, 0.25) is 10.0 Å². The largest absolute Gasteiger partial charge is 0.481 e. The van der Waals surface area contributed by atoms with Gasteiger partial charge in [0, 0.05) is 12.5 Å². The summed E-state index contributed by atoms with van der Waals surface area (Å²) in [7, 11) is -3.49. The zero-order valence-corrected chi connectivity index (χ0v) is 15.7. The van der Waals surface area contributed by atoms with Crippen molar-refractivity contribution < 1.29 is 18.3 Å². The minimum atomic E-state index is -3.49. The van der Waals surface area contributed by atoms with Crippen molar-refractivity contribution in [2.24, 2.45) is 17.8 Å². The molecule has 0 amide bonds. The zero-order valence-electron chi connectivity index (χ0n) is 14.9. The number of carboxylic acids is 1. The van der Waals surface area contributed by atoms with Crippen molar-refractivity contribution in [1.29, 1.82) is 0 Å². The third-order valence-electron chi connectivity index (χ3n) is 5.77. The number of nitrogens with one attached hydrogen (secondary N) is 1. The second-order valence-electron chi connectivity index (χ2n) is 7.45. The molecule has 2 saturated carbocycles. The molecule has 3 rings (SSSR count). The zero-order chi connectivity index (χ0) is 18.6. The molecule has 1 aromatic carbocycles. The molecule has 5 nitrogen and oxygen atoms in total. The molecule has 4 atom stereocenters. The van der Waals surface area contributed by atoms with E-state index in [4.69, 9.17) is 5.11 Å². The van der Waals surface area contributed by atoms with E-state index in [0.29, 0.717) is 29.1 Å². The van der Waals surface area contributed by atoms with Gasteiger partial charge in [-0.3, -0.25) is 4.79 Å². The van der Waals surface area contributed by atoms with Gasteiger partial charge in [-0.15, -0.1) is 0 Å². The summed E-state index contributed by atoms with van der Waals surface area (Å²) in [4.78, 5) is 10.9. The van der Waals surface area contributed by atoms with E-state index in [1.807, 2.05) is 12.1 Å². The number of hydrogen-bond donors (Lipinski definition) is 2. The van der Waals surface area contributed by atoms with E-state index in [-0.39, 0.29) is 12.5 Å². The summed E-state index contributed by atoms with van der Waals surface area (Å²) in [5, 5.41) is 8.66. The van der Waals surface area contributed by atoms with Gasteiger partial charge in [0.05, 0.1) is 4.90 Å². The average Bonchev–Trinajstić information content (AvgIpc) is 3.20. The molecule has 1 unspecified atom stereocenters.